The highest BCUT2D eigenvalue weighted by Crippen LogP contribution is 2.34. The van der Waals surface area contributed by atoms with E-state index in [0.29, 0.717) is 5.41 Å². The Morgan fingerprint density at radius 1 is 1.05 bits per heavy atom. The summed E-state index contributed by atoms with van der Waals surface area (Å²) in [5.74, 6) is 1.91. The third-order valence-electron chi connectivity index (χ3n) is 5.38. The highest BCUT2D eigenvalue weighted by Gasteiger charge is 2.31. The zero-order chi connectivity index (χ0) is 14.0. The Morgan fingerprint density at radius 2 is 1.63 bits per heavy atom. The van der Waals surface area contributed by atoms with Crippen molar-refractivity contribution in [2.45, 2.75) is 59.9 Å². The first-order valence-corrected chi connectivity index (χ1v) is 8.32. The van der Waals surface area contributed by atoms with Gasteiger partial charge >= 0.3 is 0 Å². The normalized spacial score (nSPS) is 24.9. The lowest BCUT2D eigenvalue weighted by Crippen LogP contribution is -2.51. The average Bonchev–Trinajstić information content (AvgIpc) is 2.25. The van der Waals surface area contributed by atoms with Crippen LogP contribution in [0.4, 0.5) is 0 Å². The molecule has 0 spiro atoms. The summed E-state index contributed by atoms with van der Waals surface area (Å²) in [5.41, 5.74) is 0.512. The predicted molar refractivity (Wildman–Crippen MR) is 83.4 cm³/mol. The van der Waals surface area contributed by atoms with Crippen LogP contribution in [0.1, 0.15) is 53.9 Å². The Morgan fingerprint density at radius 3 is 2.11 bits per heavy atom. The molecular formula is C17H34N2. The number of hydrogen-bond acceptors (Lipinski definition) is 2. The summed E-state index contributed by atoms with van der Waals surface area (Å²) in [6, 6.07) is 0.749. The molecule has 0 aromatic heterocycles. The van der Waals surface area contributed by atoms with Gasteiger partial charge in [0.25, 0.3) is 0 Å². The van der Waals surface area contributed by atoms with E-state index >= 15 is 0 Å². The molecule has 19 heavy (non-hydrogen) atoms. The average molecular weight is 266 g/mol. The zero-order valence-electron chi connectivity index (χ0n) is 13.8. The van der Waals surface area contributed by atoms with E-state index < -0.39 is 0 Å². The molecule has 112 valence electrons. The minimum Gasteiger partial charge on any atom is -0.303 e. The maximum absolute atomic E-state index is 2.71. The van der Waals surface area contributed by atoms with E-state index in [0.717, 1.165) is 17.9 Å². The summed E-state index contributed by atoms with van der Waals surface area (Å²) < 4.78 is 0. The molecule has 2 heteroatoms. The number of rotatable bonds is 4. The van der Waals surface area contributed by atoms with Gasteiger partial charge in [0.2, 0.25) is 0 Å². The standard InChI is InChI=1S/C17H34N2/c1-14(2)19-12-15(13-19)6-9-18-10-7-16(8-11-18)17(3,4)5/h14-16H,6-13H2,1-5H3. The minimum atomic E-state index is 0.512. The van der Waals surface area contributed by atoms with Gasteiger partial charge in [0.1, 0.15) is 0 Å². The summed E-state index contributed by atoms with van der Waals surface area (Å²) in [4.78, 5) is 5.30. The van der Waals surface area contributed by atoms with Crippen LogP contribution < -0.4 is 0 Å². The minimum absolute atomic E-state index is 0.512. The fourth-order valence-corrected chi connectivity index (χ4v) is 3.60. The van der Waals surface area contributed by atoms with Crippen LogP contribution in [-0.4, -0.2) is 48.6 Å². The van der Waals surface area contributed by atoms with E-state index in [9.17, 15) is 0 Å². The van der Waals surface area contributed by atoms with Crippen LogP contribution in [0.5, 0.6) is 0 Å². The van der Waals surface area contributed by atoms with Crippen LogP contribution in [0.25, 0.3) is 0 Å². The Labute approximate surface area is 120 Å². The van der Waals surface area contributed by atoms with Crippen LogP contribution in [0, 0.1) is 17.3 Å². The van der Waals surface area contributed by atoms with Crippen molar-refractivity contribution in [3.8, 4) is 0 Å². The van der Waals surface area contributed by atoms with Crippen molar-refractivity contribution in [2.24, 2.45) is 17.3 Å². The van der Waals surface area contributed by atoms with E-state index in [1.165, 1.54) is 52.0 Å². The molecule has 2 saturated heterocycles. The largest absolute Gasteiger partial charge is 0.303 e. The molecule has 0 unspecified atom stereocenters. The fraction of sp³-hybridized carbons (Fsp3) is 1.00. The van der Waals surface area contributed by atoms with Crippen molar-refractivity contribution in [3.63, 3.8) is 0 Å². The second-order valence-corrected chi connectivity index (χ2v) is 8.18. The van der Waals surface area contributed by atoms with E-state index in [1.54, 1.807) is 0 Å². The third kappa shape index (κ3) is 4.19. The van der Waals surface area contributed by atoms with Gasteiger partial charge in [0.15, 0.2) is 0 Å². The monoisotopic (exact) mass is 266 g/mol. The predicted octanol–water partition coefficient (Wildman–Crippen LogP) is 3.47. The number of hydrogen-bond donors (Lipinski definition) is 0. The van der Waals surface area contributed by atoms with Crippen LogP contribution in [0.2, 0.25) is 0 Å². The zero-order valence-corrected chi connectivity index (χ0v) is 13.8. The Bertz CT molecular complexity index is 265. The maximum Gasteiger partial charge on any atom is 0.00388 e. The first kappa shape index (κ1) is 15.3. The van der Waals surface area contributed by atoms with Gasteiger partial charge < -0.3 is 9.80 Å². The van der Waals surface area contributed by atoms with Crippen LogP contribution in [0.15, 0.2) is 0 Å². The van der Waals surface area contributed by atoms with Gasteiger partial charge in [-0.3, -0.25) is 0 Å². The van der Waals surface area contributed by atoms with Crippen LogP contribution >= 0.6 is 0 Å². The smallest absolute Gasteiger partial charge is 0.00388 e. The lowest BCUT2D eigenvalue weighted by Gasteiger charge is -2.44. The molecule has 0 saturated carbocycles. The van der Waals surface area contributed by atoms with Gasteiger partial charge in [0.05, 0.1) is 0 Å². The quantitative estimate of drug-likeness (QED) is 0.769. The van der Waals surface area contributed by atoms with Gasteiger partial charge in [0, 0.05) is 19.1 Å². The summed E-state index contributed by atoms with van der Waals surface area (Å²) in [6.45, 7) is 18.5. The molecule has 2 aliphatic rings. The number of nitrogens with zero attached hydrogens (tertiary/aromatic N) is 2. The topological polar surface area (TPSA) is 6.48 Å². The van der Waals surface area contributed by atoms with Crippen LogP contribution in [0.3, 0.4) is 0 Å². The van der Waals surface area contributed by atoms with Crippen molar-refractivity contribution in [1.82, 2.24) is 9.80 Å². The third-order valence-corrected chi connectivity index (χ3v) is 5.38. The molecule has 0 bridgehead atoms. The molecular weight excluding hydrogens is 232 g/mol. The summed E-state index contributed by atoms with van der Waals surface area (Å²) in [5, 5.41) is 0. The molecule has 0 aromatic rings. The Balaban J connectivity index is 1.60. The molecule has 2 fully saturated rings. The molecule has 0 atom stereocenters. The maximum atomic E-state index is 2.71. The number of likely N-dealkylation sites (tertiary alicyclic amines) is 2. The van der Waals surface area contributed by atoms with E-state index in [-0.39, 0.29) is 0 Å². The van der Waals surface area contributed by atoms with Crippen molar-refractivity contribution in [2.75, 3.05) is 32.7 Å². The van der Waals surface area contributed by atoms with Crippen molar-refractivity contribution >= 4 is 0 Å². The van der Waals surface area contributed by atoms with Crippen molar-refractivity contribution < 1.29 is 0 Å². The van der Waals surface area contributed by atoms with Crippen molar-refractivity contribution in [1.29, 1.82) is 0 Å². The van der Waals surface area contributed by atoms with Gasteiger partial charge in [-0.15, -0.1) is 0 Å². The summed E-state index contributed by atoms with van der Waals surface area (Å²) in [7, 11) is 0. The van der Waals surface area contributed by atoms with Crippen LogP contribution in [-0.2, 0) is 0 Å². The first-order chi connectivity index (χ1) is 8.86. The second kappa shape index (κ2) is 6.13. The molecule has 2 aliphatic heterocycles. The first-order valence-electron chi connectivity index (χ1n) is 8.32. The molecule has 2 rings (SSSR count). The fourth-order valence-electron chi connectivity index (χ4n) is 3.60. The molecule has 0 aromatic carbocycles. The van der Waals surface area contributed by atoms with E-state index in [2.05, 4.69) is 44.4 Å². The van der Waals surface area contributed by atoms with E-state index in [1.807, 2.05) is 0 Å². The Kier molecular flexibility index (Phi) is 4.94. The molecule has 0 radical (unpaired) electrons. The van der Waals surface area contributed by atoms with Gasteiger partial charge in [-0.05, 0) is 70.0 Å². The second-order valence-electron chi connectivity index (χ2n) is 8.18. The van der Waals surface area contributed by atoms with Gasteiger partial charge in [-0.25, -0.2) is 0 Å². The highest BCUT2D eigenvalue weighted by atomic mass is 15.2. The van der Waals surface area contributed by atoms with Gasteiger partial charge in [-0.1, -0.05) is 20.8 Å². The molecule has 2 heterocycles. The van der Waals surface area contributed by atoms with Crippen molar-refractivity contribution in [3.05, 3.63) is 0 Å². The number of piperidine rings is 1. The molecule has 0 N–H and O–H groups in total. The molecule has 2 nitrogen and oxygen atoms in total. The lowest BCUT2D eigenvalue weighted by atomic mass is 9.75. The molecule has 0 aliphatic carbocycles. The summed E-state index contributed by atoms with van der Waals surface area (Å²) in [6.07, 6.45) is 4.24. The Hall–Kier alpha value is -0.0800. The highest BCUT2D eigenvalue weighted by molar-refractivity contribution is 4.84. The summed E-state index contributed by atoms with van der Waals surface area (Å²) >= 11 is 0. The van der Waals surface area contributed by atoms with Gasteiger partial charge in [-0.2, -0.15) is 0 Å². The van der Waals surface area contributed by atoms with E-state index in [4.69, 9.17) is 0 Å². The SMILES string of the molecule is CC(C)N1CC(CCN2CCC(C(C)(C)C)CC2)C1. The lowest BCUT2D eigenvalue weighted by molar-refractivity contribution is 0.0477. The molecule has 0 amide bonds.